The molecular weight excluding hydrogens is 292 g/mol. The molecule has 2 rings (SSSR count). The molecule has 6 heteroatoms. The number of hydrogen-bond acceptors (Lipinski definition) is 5. The summed E-state index contributed by atoms with van der Waals surface area (Å²) in [6.45, 7) is 11.1. The van der Waals surface area contributed by atoms with Crippen LogP contribution in [0.25, 0.3) is 0 Å². The minimum absolute atomic E-state index is 0.251. The van der Waals surface area contributed by atoms with Crippen LogP contribution < -0.4 is 10.2 Å². The quantitative estimate of drug-likeness (QED) is 0.924. The molecular formula is C17H28N4O2. The molecule has 1 unspecified atom stereocenters. The number of hydrogen-bond donors (Lipinski definition) is 1. The maximum absolute atomic E-state index is 11.8. The number of nitrogens with one attached hydrogen (secondary N) is 1. The van der Waals surface area contributed by atoms with E-state index < -0.39 is 5.60 Å². The fraction of sp³-hybridized carbons (Fsp3) is 0.706. The summed E-state index contributed by atoms with van der Waals surface area (Å²) in [6.07, 6.45) is 2.67. The van der Waals surface area contributed by atoms with Crippen molar-refractivity contribution in [2.45, 2.75) is 65.5 Å². The lowest BCUT2D eigenvalue weighted by atomic mass is 10.2. The third-order valence-electron chi connectivity index (χ3n) is 3.79. The summed E-state index contributed by atoms with van der Waals surface area (Å²) in [4.78, 5) is 23.1. The number of amides is 1. The number of alkyl carbamates (subject to hydrolysis) is 1. The number of rotatable bonds is 4. The van der Waals surface area contributed by atoms with E-state index in [9.17, 15) is 4.79 Å². The van der Waals surface area contributed by atoms with E-state index >= 15 is 0 Å². The van der Waals surface area contributed by atoms with Crippen molar-refractivity contribution in [2.24, 2.45) is 0 Å². The lowest BCUT2D eigenvalue weighted by Gasteiger charge is -2.27. The van der Waals surface area contributed by atoms with Gasteiger partial charge in [0.05, 0.1) is 0 Å². The van der Waals surface area contributed by atoms with Crippen LogP contribution in [0.5, 0.6) is 0 Å². The van der Waals surface area contributed by atoms with Gasteiger partial charge in [-0.3, -0.25) is 0 Å². The largest absolute Gasteiger partial charge is 0.444 e. The van der Waals surface area contributed by atoms with Gasteiger partial charge < -0.3 is 15.0 Å². The Hall–Kier alpha value is -1.85. The molecule has 0 aliphatic carbocycles. The molecule has 0 saturated carbocycles. The van der Waals surface area contributed by atoms with Gasteiger partial charge in [-0.1, -0.05) is 6.92 Å². The van der Waals surface area contributed by atoms with E-state index in [1.807, 2.05) is 27.7 Å². The number of nitrogens with zero attached hydrogens (tertiary/aromatic N) is 3. The summed E-state index contributed by atoms with van der Waals surface area (Å²) in [5.41, 5.74) is 0.581. The molecule has 1 saturated heterocycles. The summed E-state index contributed by atoms with van der Waals surface area (Å²) in [7, 11) is 0. The molecule has 1 fully saturated rings. The zero-order valence-electron chi connectivity index (χ0n) is 14.8. The first-order valence-corrected chi connectivity index (χ1v) is 8.36. The average molecular weight is 320 g/mol. The van der Waals surface area contributed by atoms with Gasteiger partial charge in [-0.05, 0) is 47.0 Å². The molecule has 128 valence electrons. The van der Waals surface area contributed by atoms with E-state index in [1.165, 1.54) is 0 Å². The number of ether oxygens (including phenoxy) is 1. The fourth-order valence-corrected chi connectivity index (χ4v) is 2.81. The number of anilines is 1. The van der Waals surface area contributed by atoms with Crippen LogP contribution in [0.2, 0.25) is 0 Å². The topological polar surface area (TPSA) is 67.4 Å². The van der Waals surface area contributed by atoms with Crippen molar-refractivity contribution < 1.29 is 9.53 Å². The van der Waals surface area contributed by atoms with Crippen molar-refractivity contribution >= 4 is 11.9 Å². The molecule has 1 aliphatic heterocycles. The van der Waals surface area contributed by atoms with Gasteiger partial charge >= 0.3 is 6.09 Å². The zero-order valence-corrected chi connectivity index (χ0v) is 14.8. The normalized spacial score (nSPS) is 18.1. The Bertz CT molecular complexity index is 554. The van der Waals surface area contributed by atoms with Crippen molar-refractivity contribution in [1.29, 1.82) is 0 Å². The van der Waals surface area contributed by atoms with Crippen LogP contribution in [0, 0.1) is 6.92 Å². The van der Waals surface area contributed by atoms with Crippen molar-refractivity contribution in [3.05, 3.63) is 17.6 Å². The summed E-state index contributed by atoms with van der Waals surface area (Å²) >= 11 is 0. The predicted molar refractivity (Wildman–Crippen MR) is 90.8 cm³/mol. The summed E-state index contributed by atoms with van der Waals surface area (Å²) in [6, 6.07) is 2.31. The molecule has 1 N–H and O–H groups in total. The van der Waals surface area contributed by atoms with Gasteiger partial charge in [0, 0.05) is 30.9 Å². The predicted octanol–water partition coefficient (Wildman–Crippen LogP) is 2.84. The summed E-state index contributed by atoms with van der Waals surface area (Å²) in [5.74, 6) is 1.76. The molecule has 0 radical (unpaired) electrons. The van der Waals surface area contributed by atoms with Gasteiger partial charge in [0.15, 0.2) is 0 Å². The van der Waals surface area contributed by atoms with E-state index in [0.717, 1.165) is 43.1 Å². The third kappa shape index (κ3) is 5.08. The zero-order chi connectivity index (χ0) is 17.0. The molecule has 0 bridgehead atoms. The van der Waals surface area contributed by atoms with Gasteiger partial charge in [-0.15, -0.1) is 0 Å². The Labute approximate surface area is 138 Å². The lowest BCUT2D eigenvalue weighted by molar-refractivity contribution is 0.0525. The smallest absolute Gasteiger partial charge is 0.407 e. The number of carbonyl (C=O) groups is 1. The third-order valence-corrected chi connectivity index (χ3v) is 3.79. The highest BCUT2D eigenvalue weighted by Crippen LogP contribution is 2.24. The second-order valence-electron chi connectivity index (χ2n) is 6.99. The van der Waals surface area contributed by atoms with Crippen molar-refractivity contribution in [3.63, 3.8) is 0 Å². The van der Waals surface area contributed by atoms with E-state index in [-0.39, 0.29) is 12.1 Å². The molecule has 6 nitrogen and oxygen atoms in total. The second-order valence-corrected chi connectivity index (χ2v) is 6.99. The first kappa shape index (κ1) is 17.5. The Kier molecular flexibility index (Phi) is 5.44. The van der Waals surface area contributed by atoms with Gasteiger partial charge in [0.2, 0.25) is 0 Å². The standard InChI is InChI=1S/C17H28N4O2/c1-6-13-10-15(20-12(2)19-13)21-9-7-8-14(21)11-18-16(22)23-17(3,4)5/h10,14H,6-9,11H2,1-5H3,(H,18,22). The minimum Gasteiger partial charge on any atom is -0.444 e. The second kappa shape index (κ2) is 7.15. The summed E-state index contributed by atoms with van der Waals surface area (Å²) in [5, 5.41) is 2.88. The Morgan fingerprint density at radius 2 is 2.17 bits per heavy atom. The lowest BCUT2D eigenvalue weighted by Crippen LogP contribution is -2.42. The molecule has 2 heterocycles. The number of carbonyl (C=O) groups excluding carboxylic acids is 1. The van der Waals surface area contributed by atoms with Crippen molar-refractivity contribution in [1.82, 2.24) is 15.3 Å². The SMILES string of the molecule is CCc1cc(N2CCCC2CNC(=O)OC(C)(C)C)nc(C)n1. The molecule has 0 aromatic carbocycles. The van der Waals surface area contributed by atoms with E-state index in [1.54, 1.807) is 0 Å². The van der Waals surface area contributed by atoms with Crippen molar-refractivity contribution in [2.75, 3.05) is 18.0 Å². The maximum atomic E-state index is 11.8. The van der Waals surface area contributed by atoms with Crippen LogP contribution in [0.4, 0.5) is 10.6 Å². The minimum atomic E-state index is -0.473. The van der Waals surface area contributed by atoms with Gasteiger partial charge in [0.25, 0.3) is 0 Å². The Balaban J connectivity index is 2.00. The molecule has 1 atom stereocenters. The van der Waals surface area contributed by atoms with Crippen LogP contribution in [-0.2, 0) is 11.2 Å². The highest BCUT2D eigenvalue weighted by atomic mass is 16.6. The fourth-order valence-electron chi connectivity index (χ4n) is 2.81. The van der Waals surface area contributed by atoms with Gasteiger partial charge in [-0.2, -0.15) is 0 Å². The molecule has 1 aliphatic rings. The first-order valence-electron chi connectivity index (χ1n) is 8.36. The highest BCUT2D eigenvalue weighted by molar-refractivity contribution is 5.67. The number of aryl methyl sites for hydroxylation is 2. The van der Waals surface area contributed by atoms with E-state index in [2.05, 4.69) is 33.2 Å². The monoisotopic (exact) mass is 320 g/mol. The van der Waals surface area contributed by atoms with Crippen LogP contribution in [0.3, 0.4) is 0 Å². The summed E-state index contributed by atoms with van der Waals surface area (Å²) < 4.78 is 5.30. The molecule has 1 aromatic heterocycles. The Morgan fingerprint density at radius 3 is 2.83 bits per heavy atom. The van der Waals surface area contributed by atoms with E-state index in [0.29, 0.717) is 6.54 Å². The number of aromatic nitrogens is 2. The maximum Gasteiger partial charge on any atom is 0.407 e. The first-order chi connectivity index (χ1) is 10.8. The van der Waals surface area contributed by atoms with Crippen LogP contribution in [0.1, 0.15) is 52.1 Å². The van der Waals surface area contributed by atoms with Crippen molar-refractivity contribution in [3.8, 4) is 0 Å². The van der Waals surface area contributed by atoms with Crippen LogP contribution in [-0.4, -0.2) is 40.8 Å². The highest BCUT2D eigenvalue weighted by Gasteiger charge is 2.27. The van der Waals surface area contributed by atoms with Gasteiger partial charge in [0.1, 0.15) is 17.2 Å². The average Bonchev–Trinajstić information content (AvgIpc) is 2.91. The van der Waals surface area contributed by atoms with Crippen LogP contribution >= 0.6 is 0 Å². The molecule has 1 amide bonds. The Morgan fingerprint density at radius 1 is 1.43 bits per heavy atom. The van der Waals surface area contributed by atoms with Gasteiger partial charge in [-0.25, -0.2) is 14.8 Å². The molecule has 0 spiro atoms. The molecule has 1 aromatic rings. The molecule has 23 heavy (non-hydrogen) atoms. The van der Waals surface area contributed by atoms with E-state index in [4.69, 9.17) is 4.74 Å². The van der Waals surface area contributed by atoms with Crippen LogP contribution in [0.15, 0.2) is 6.07 Å².